The van der Waals surface area contributed by atoms with Gasteiger partial charge in [-0.1, -0.05) is 46.4 Å². The number of amides is 3. The topological polar surface area (TPSA) is 127 Å². The van der Waals surface area contributed by atoms with Crippen LogP contribution in [0.5, 0.6) is 0 Å². The second-order valence-corrected chi connectivity index (χ2v) is 8.89. The van der Waals surface area contributed by atoms with Crippen molar-refractivity contribution in [1.82, 2.24) is 4.90 Å². The number of hydrogen-bond acceptors (Lipinski definition) is 5. The van der Waals surface area contributed by atoms with E-state index in [1.165, 1.54) is 24.3 Å². The van der Waals surface area contributed by atoms with Crippen LogP contribution in [-0.4, -0.2) is 37.6 Å². The summed E-state index contributed by atoms with van der Waals surface area (Å²) in [6, 6.07) is 4.98. The summed E-state index contributed by atoms with van der Waals surface area (Å²) in [4.78, 5) is 37.9. The van der Waals surface area contributed by atoms with Crippen LogP contribution in [0.25, 0.3) is 0 Å². The first kappa shape index (κ1) is 21.8. The molecule has 13 heteroatoms. The SMILES string of the molecule is NS(=O)(=O)c1ccc(NC(=O)CN2C(=O)c3c(Cl)c(Cl)c(Cl)c(Cl)c3C2=O)cc1. The van der Waals surface area contributed by atoms with Crippen LogP contribution >= 0.6 is 46.4 Å². The Balaban J connectivity index is 1.81. The molecule has 29 heavy (non-hydrogen) atoms. The Hall–Kier alpha value is -1.88. The van der Waals surface area contributed by atoms with Crippen molar-refractivity contribution in [1.29, 1.82) is 0 Å². The Morgan fingerprint density at radius 1 is 0.897 bits per heavy atom. The Labute approximate surface area is 184 Å². The number of nitrogens with zero attached hydrogens (tertiary/aromatic N) is 1. The summed E-state index contributed by atoms with van der Waals surface area (Å²) in [7, 11) is -3.88. The van der Waals surface area contributed by atoms with Gasteiger partial charge in [-0.25, -0.2) is 13.6 Å². The lowest BCUT2D eigenvalue weighted by Crippen LogP contribution is -2.37. The summed E-state index contributed by atoms with van der Waals surface area (Å²) in [5.41, 5.74) is -0.246. The molecule has 3 amide bonds. The summed E-state index contributed by atoms with van der Waals surface area (Å²) in [5.74, 6) is -2.43. The molecule has 0 radical (unpaired) electrons. The average molecular weight is 497 g/mol. The minimum Gasteiger partial charge on any atom is -0.325 e. The fraction of sp³-hybridized carbons (Fsp3) is 0.0625. The third kappa shape index (κ3) is 3.94. The fourth-order valence-corrected chi connectivity index (χ4v) is 4.14. The first-order chi connectivity index (χ1) is 13.4. The van der Waals surface area contributed by atoms with Crippen molar-refractivity contribution in [3.63, 3.8) is 0 Å². The van der Waals surface area contributed by atoms with E-state index in [1.807, 2.05) is 0 Å². The van der Waals surface area contributed by atoms with Gasteiger partial charge in [-0.15, -0.1) is 0 Å². The van der Waals surface area contributed by atoms with Gasteiger partial charge < -0.3 is 5.32 Å². The Morgan fingerprint density at radius 2 is 1.34 bits per heavy atom. The molecule has 3 N–H and O–H groups in total. The van der Waals surface area contributed by atoms with Crippen molar-refractivity contribution in [2.75, 3.05) is 11.9 Å². The average Bonchev–Trinajstić information content (AvgIpc) is 2.89. The maximum atomic E-state index is 12.6. The zero-order chi connectivity index (χ0) is 21.7. The highest BCUT2D eigenvalue weighted by Gasteiger charge is 2.42. The van der Waals surface area contributed by atoms with Crippen molar-refractivity contribution >= 4 is 79.8 Å². The maximum Gasteiger partial charge on any atom is 0.263 e. The van der Waals surface area contributed by atoms with E-state index in [-0.39, 0.29) is 41.8 Å². The molecule has 8 nitrogen and oxygen atoms in total. The smallest absolute Gasteiger partial charge is 0.263 e. The molecule has 1 heterocycles. The number of carbonyl (C=O) groups excluding carboxylic acids is 3. The number of nitrogens with two attached hydrogens (primary N) is 1. The first-order valence-electron chi connectivity index (χ1n) is 7.58. The quantitative estimate of drug-likeness (QED) is 0.381. The molecule has 0 aromatic heterocycles. The largest absolute Gasteiger partial charge is 0.325 e. The number of fused-ring (bicyclic) bond motifs is 1. The normalized spacial score (nSPS) is 13.6. The molecule has 1 aliphatic rings. The lowest BCUT2D eigenvalue weighted by atomic mass is 10.1. The van der Waals surface area contributed by atoms with Gasteiger partial charge in [0, 0.05) is 5.69 Å². The zero-order valence-electron chi connectivity index (χ0n) is 14.0. The second-order valence-electron chi connectivity index (χ2n) is 5.82. The van der Waals surface area contributed by atoms with Crippen LogP contribution in [0.2, 0.25) is 20.1 Å². The number of halogens is 4. The molecular formula is C16H9Cl4N3O5S. The summed E-state index contributed by atoms with van der Waals surface area (Å²) < 4.78 is 22.5. The first-order valence-corrected chi connectivity index (χ1v) is 10.6. The number of anilines is 1. The monoisotopic (exact) mass is 495 g/mol. The van der Waals surface area contributed by atoms with Gasteiger partial charge in [0.25, 0.3) is 11.8 Å². The van der Waals surface area contributed by atoms with Crippen LogP contribution in [0.4, 0.5) is 5.69 Å². The minimum atomic E-state index is -3.88. The lowest BCUT2D eigenvalue weighted by molar-refractivity contribution is -0.116. The van der Waals surface area contributed by atoms with Crippen LogP contribution in [0.3, 0.4) is 0 Å². The highest BCUT2D eigenvalue weighted by Crippen LogP contribution is 2.44. The van der Waals surface area contributed by atoms with Gasteiger partial charge in [0.15, 0.2) is 0 Å². The number of nitrogens with one attached hydrogen (secondary N) is 1. The standard InChI is InChI=1S/C16H9Cl4N3O5S/c17-11-9-10(12(18)14(20)13(11)19)16(26)23(15(9)25)5-8(24)22-6-1-3-7(4-2-6)29(21,27)28/h1-4H,5H2,(H,22,24)(H2,21,27,28). The number of primary sulfonamides is 1. The molecule has 0 atom stereocenters. The van der Waals surface area contributed by atoms with Gasteiger partial charge in [0.05, 0.1) is 36.1 Å². The predicted molar refractivity (Wildman–Crippen MR) is 108 cm³/mol. The van der Waals surface area contributed by atoms with Gasteiger partial charge >= 0.3 is 0 Å². The molecule has 152 valence electrons. The number of sulfonamides is 1. The van der Waals surface area contributed by atoms with E-state index in [9.17, 15) is 22.8 Å². The molecule has 2 aromatic carbocycles. The fourth-order valence-electron chi connectivity index (χ4n) is 2.61. The van der Waals surface area contributed by atoms with Gasteiger partial charge in [-0.2, -0.15) is 0 Å². The number of carbonyl (C=O) groups is 3. The van der Waals surface area contributed by atoms with E-state index < -0.39 is 34.3 Å². The van der Waals surface area contributed by atoms with Crippen LogP contribution in [0.1, 0.15) is 20.7 Å². The highest BCUT2D eigenvalue weighted by molar-refractivity contribution is 7.89. The van der Waals surface area contributed by atoms with Crippen molar-refractivity contribution in [3.8, 4) is 0 Å². The summed E-state index contributed by atoms with van der Waals surface area (Å²) in [6.07, 6.45) is 0. The number of imide groups is 1. The molecule has 0 fully saturated rings. The van der Waals surface area contributed by atoms with Crippen molar-refractivity contribution < 1.29 is 22.8 Å². The maximum absolute atomic E-state index is 12.6. The van der Waals surface area contributed by atoms with Crippen LogP contribution in [-0.2, 0) is 14.8 Å². The molecule has 0 saturated carbocycles. The summed E-state index contributed by atoms with van der Waals surface area (Å²) >= 11 is 23.9. The molecule has 0 bridgehead atoms. The number of rotatable bonds is 4. The molecule has 0 aliphatic carbocycles. The minimum absolute atomic E-state index is 0.145. The van der Waals surface area contributed by atoms with Crippen LogP contribution in [0.15, 0.2) is 29.2 Å². The third-order valence-corrected chi connectivity index (χ3v) is 6.68. The van der Waals surface area contributed by atoms with E-state index in [0.717, 1.165) is 0 Å². The summed E-state index contributed by atoms with van der Waals surface area (Å²) in [5, 5.41) is 6.58. The molecule has 3 rings (SSSR count). The van der Waals surface area contributed by atoms with Crippen molar-refractivity contribution in [2.45, 2.75) is 4.90 Å². The van der Waals surface area contributed by atoms with E-state index in [0.29, 0.717) is 4.90 Å². The molecule has 0 unspecified atom stereocenters. The number of hydrogen-bond donors (Lipinski definition) is 2. The molecule has 0 saturated heterocycles. The summed E-state index contributed by atoms with van der Waals surface area (Å²) in [6.45, 7) is -0.648. The van der Waals surface area contributed by atoms with Crippen LogP contribution < -0.4 is 10.5 Å². The molecule has 1 aliphatic heterocycles. The Bertz CT molecular complexity index is 1140. The second kappa shape index (κ2) is 7.75. The Kier molecular flexibility index (Phi) is 5.83. The molecular weight excluding hydrogens is 488 g/mol. The Morgan fingerprint density at radius 3 is 1.76 bits per heavy atom. The number of benzene rings is 2. The van der Waals surface area contributed by atoms with Crippen LogP contribution in [0, 0.1) is 0 Å². The van der Waals surface area contributed by atoms with Gasteiger partial charge in [0.1, 0.15) is 6.54 Å². The third-order valence-electron chi connectivity index (χ3n) is 3.95. The lowest BCUT2D eigenvalue weighted by Gasteiger charge is -2.14. The van der Waals surface area contributed by atoms with Gasteiger partial charge in [-0.3, -0.25) is 19.3 Å². The predicted octanol–water partition coefficient (Wildman–Crippen LogP) is 3.18. The van der Waals surface area contributed by atoms with Gasteiger partial charge in [0.2, 0.25) is 15.9 Å². The van der Waals surface area contributed by atoms with E-state index in [1.54, 1.807) is 0 Å². The van der Waals surface area contributed by atoms with Gasteiger partial charge in [-0.05, 0) is 24.3 Å². The van der Waals surface area contributed by atoms with E-state index in [4.69, 9.17) is 51.5 Å². The highest BCUT2D eigenvalue weighted by atomic mass is 35.5. The molecule has 0 spiro atoms. The van der Waals surface area contributed by atoms with Crippen molar-refractivity contribution in [3.05, 3.63) is 55.5 Å². The zero-order valence-corrected chi connectivity index (χ0v) is 17.8. The van der Waals surface area contributed by atoms with E-state index in [2.05, 4.69) is 5.32 Å². The molecule has 2 aromatic rings. The van der Waals surface area contributed by atoms with Crippen molar-refractivity contribution in [2.24, 2.45) is 5.14 Å². The van der Waals surface area contributed by atoms with E-state index >= 15 is 0 Å².